The number of fused-ring (bicyclic) bond motifs is 1. The smallest absolute Gasteiger partial charge is 0.269 e. The summed E-state index contributed by atoms with van der Waals surface area (Å²) >= 11 is 6.16. The average molecular weight is 812 g/mol. The molecule has 1 unspecified atom stereocenters. The summed E-state index contributed by atoms with van der Waals surface area (Å²) in [7, 11) is 0. The lowest BCUT2D eigenvalue weighted by atomic mass is 9.89. The molecule has 8 rings (SSSR count). The zero-order chi connectivity index (χ0) is 40.7. The highest BCUT2D eigenvalue weighted by atomic mass is 35.5. The van der Waals surface area contributed by atoms with E-state index in [-0.39, 0.29) is 46.7 Å². The molecular weight excluding hydrogens is 769 g/mol. The first-order valence-corrected chi connectivity index (χ1v) is 20.2. The van der Waals surface area contributed by atoms with E-state index < -0.39 is 41.5 Å². The highest BCUT2D eigenvalue weighted by Crippen LogP contribution is 2.36. The van der Waals surface area contributed by atoms with Crippen LogP contribution in [0.5, 0.6) is 5.75 Å². The van der Waals surface area contributed by atoms with Crippen molar-refractivity contribution in [1.82, 2.24) is 24.9 Å². The van der Waals surface area contributed by atoms with Crippen LogP contribution in [0, 0.1) is 23.1 Å². The Hall–Kier alpha value is -5.66. The van der Waals surface area contributed by atoms with Crippen LogP contribution in [-0.4, -0.2) is 118 Å². The van der Waals surface area contributed by atoms with Gasteiger partial charge in [-0.1, -0.05) is 11.6 Å². The SMILES string of the molecule is N#Cc1ccc(OC2CCC(N3C(=O)CCC(N4C(=O)c5cc(N6CCN(CC7CCN(c8ccc(C(N)=O)nn8)CC7)CC6)cc(F)c5C4=O)C3=O)CC2)cc1Cl. The minimum absolute atomic E-state index is 0.0227. The van der Waals surface area contributed by atoms with Crippen LogP contribution in [0.3, 0.4) is 0 Å². The number of piperidine rings is 2. The van der Waals surface area contributed by atoms with Crippen LogP contribution in [0.2, 0.25) is 5.02 Å². The summed E-state index contributed by atoms with van der Waals surface area (Å²) in [6.07, 6.45) is 3.75. The zero-order valence-electron chi connectivity index (χ0n) is 31.8. The van der Waals surface area contributed by atoms with Gasteiger partial charge in [-0.2, -0.15) is 5.26 Å². The summed E-state index contributed by atoms with van der Waals surface area (Å²) in [6.45, 7) is 5.28. The summed E-state index contributed by atoms with van der Waals surface area (Å²) < 4.78 is 21.9. The van der Waals surface area contributed by atoms with Crippen molar-refractivity contribution in [3.63, 3.8) is 0 Å². The first-order chi connectivity index (χ1) is 28.0. The number of aromatic nitrogens is 2. The number of benzene rings is 2. The van der Waals surface area contributed by atoms with Crippen LogP contribution in [0.4, 0.5) is 15.9 Å². The van der Waals surface area contributed by atoms with Crippen molar-refractivity contribution in [2.24, 2.45) is 11.7 Å². The number of carbonyl (C=O) groups excluding carboxylic acids is 5. The fourth-order valence-electron chi connectivity index (χ4n) is 8.99. The molecule has 0 radical (unpaired) electrons. The lowest BCUT2D eigenvalue weighted by molar-refractivity contribution is -0.155. The topological polar surface area (TPSA) is 186 Å². The Kier molecular flexibility index (Phi) is 11.0. The molecule has 1 saturated carbocycles. The molecule has 2 N–H and O–H groups in total. The van der Waals surface area contributed by atoms with Crippen molar-refractivity contribution in [3.8, 4) is 11.8 Å². The third-order valence-corrected chi connectivity index (χ3v) is 12.5. The number of primary amides is 1. The number of ether oxygens (including phenoxy) is 1. The molecule has 5 aliphatic rings. The number of halogens is 2. The Bertz CT molecular complexity index is 2180. The highest BCUT2D eigenvalue weighted by Gasteiger charge is 2.50. The Balaban J connectivity index is 0.854. The van der Waals surface area contributed by atoms with E-state index in [2.05, 4.69) is 20.0 Å². The second-order valence-corrected chi connectivity index (χ2v) is 16.1. The van der Waals surface area contributed by atoms with Gasteiger partial charge in [-0.05, 0) is 87.3 Å². The van der Waals surface area contributed by atoms with Crippen LogP contribution in [0.15, 0.2) is 42.5 Å². The molecule has 5 heterocycles. The van der Waals surface area contributed by atoms with Crippen LogP contribution in [0.25, 0.3) is 0 Å². The zero-order valence-corrected chi connectivity index (χ0v) is 32.6. The molecule has 5 amide bonds. The molecule has 15 nitrogen and oxygen atoms in total. The molecule has 4 aliphatic heterocycles. The average Bonchev–Trinajstić information content (AvgIpc) is 3.48. The molecule has 0 spiro atoms. The predicted molar refractivity (Wildman–Crippen MR) is 209 cm³/mol. The first kappa shape index (κ1) is 39.2. The molecule has 0 bridgehead atoms. The number of imide groups is 2. The minimum Gasteiger partial charge on any atom is -0.490 e. The maximum Gasteiger partial charge on any atom is 0.269 e. The van der Waals surface area contributed by atoms with E-state index in [1.807, 2.05) is 11.0 Å². The second-order valence-electron chi connectivity index (χ2n) is 15.6. The summed E-state index contributed by atoms with van der Waals surface area (Å²) in [5.41, 5.74) is 5.85. The van der Waals surface area contributed by atoms with E-state index in [1.165, 1.54) is 11.0 Å². The number of carbonyl (C=O) groups is 5. The Labute approximate surface area is 339 Å². The van der Waals surface area contributed by atoms with Gasteiger partial charge in [-0.15, -0.1) is 10.2 Å². The number of hydrogen-bond donors (Lipinski definition) is 1. The number of piperazine rings is 1. The van der Waals surface area contributed by atoms with E-state index in [9.17, 15) is 24.0 Å². The molecular formula is C41H43ClFN9O6. The lowest BCUT2D eigenvalue weighted by Crippen LogP contribution is -2.59. The van der Waals surface area contributed by atoms with Gasteiger partial charge in [-0.25, -0.2) is 4.39 Å². The number of nitrogens with two attached hydrogens (primary N) is 1. The summed E-state index contributed by atoms with van der Waals surface area (Å²) in [5, 5.41) is 17.5. The van der Waals surface area contributed by atoms with Crippen molar-refractivity contribution in [1.29, 1.82) is 5.26 Å². The molecule has 1 atom stereocenters. The molecule has 1 aromatic heterocycles. The van der Waals surface area contributed by atoms with Crippen molar-refractivity contribution in [3.05, 3.63) is 75.7 Å². The van der Waals surface area contributed by atoms with Gasteiger partial charge in [0, 0.05) is 70.0 Å². The minimum atomic E-state index is -1.21. The van der Waals surface area contributed by atoms with E-state index in [0.717, 1.165) is 56.3 Å². The normalized spacial score (nSPS) is 23.3. The highest BCUT2D eigenvalue weighted by molar-refractivity contribution is 6.31. The number of likely N-dealkylation sites (tertiary alicyclic amines) is 1. The molecule has 58 heavy (non-hydrogen) atoms. The van der Waals surface area contributed by atoms with Crippen LogP contribution >= 0.6 is 11.6 Å². The molecule has 302 valence electrons. The second kappa shape index (κ2) is 16.3. The Morgan fingerprint density at radius 1 is 0.862 bits per heavy atom. The summed E-state index contributed by atoms with van der Waals surface area (Å²) in [5.74, 6) is -2.26. The van der Waals surface area contributed by atoms with E-state index in [1.54, 1.807) is 36.4 Å². The maximum atomic E-state index is 15.8. The molecule has 3 saturated heterocycles. The van der Waals surface area contributed by atoms with Crippen LogP contribution < -0.4 is 20.3 Å². The Morgan fingerprint density at radius 3 is 2.26 bits per heavy atom. The quantitative estimate of drug-likeness (QED) is 0.309. The van der Waals surface area contributed by atoms with Crippen LogP contribution in [-0.2, 0) is 9.59 Å². The van der Waals surface area contributed by atoms with E-state index in [0.29, 0.717) is 61.7 Å². The molecule has 1 aliphatic carbocycles. The summed E-state index contributed by atoms with van der Waals surface area (Å²) in [6, 6.07) is 11.4. The number of hydrogen-bond acceptors (Lipinski definition) is 12. The number of rotatable bonds is 9. The lowest BCUT2D eigenvalue weighted by Gasteiger charge is -2.41. The van der Waals surface area contributed by atoms with Crippen molar-refractivity contribution in [2.45, 2.75) is 69.6 Å². The molecule has 17 heteroatoms. The number of nitriles is 1. The van der Waals surface area contributed by atoms with Gasteiger partial charge >= 0.3 is 0 Å². The maximum absolute atomic E-state index is 15.8. The van der Waals surface area contributed by atoms with Gasteiger partial charge in [-0.3, -0.25) is 38.7 Å². The number of amides is 5. The van der Waals surface area contributed by atoms with Gasteiger partial charge in [0.25, 0.3) is 23.6 Å². The molecule has 4 fully saturated rings. The fraction of sp³-hybridized carbons (Fsp3) is 0.463. The Morgan fingerprint density at radius 2 is 1.60 bits per heavy atom. The van der Waals surface area contributed by atoms with Gasteiger partial charge in [0.05, 0.1) is 27.8 Å². The van der Waals surface area contributed by atoms with Crippen molar-refractivity contribution in [2.75, 3.05) is 55.6 Å². The first-order valence-electron chi connectivity index (χ1n) is 19.8. The third kappa shape index (κ3) is 7.68. The fourth-order valence-corrected chi connectivity index (χ4v) is 9.21. The van der Waals surface area contributed by atoms with Crippen molar-refractivity contribution >= 4 is 52.6 Å². The predicted octanol–water partition coefficient (Wildman–Crippen LogP) is 3.78. The largest absolute Gasteiger partial charge is 0.490 e. The van der Waals surface area contributed by atoms with Gasteiger partial charge in [0.1, 0.15) is 23.7 Å². The van der Waals surface area contributed by atoms with E-state index in [4.69, 9.17) is 27.3 Å². The monoisotopic (exact) mass is 811 g/mol. The van der Waals surface area contributed by atoms with Gasteiger partial charge in [0.2, 0.25) is 5.91 Å². The molecule has 2 aromatic carbocycles. The van der Waals surface area contributed by atoms with Crippen LogP contribution in [0.1, 0.15) is 88.1 Å². The van der Waals surface area contributed by atoms with Gasteiger partial charge < -0.3 is 20.3 Å². The van der Waals surface area contributed by atoms with Gasteiger partial charge in [0.15, 0.2) is 11.5 Å². The van der Waals surface area contributed by atoms with E-state index >= 15 is 4.39 Å². The third-order valence-electron chi connectivity index (χ3n) is 12.2. The number of anilines is 2. The summed E-state index contributed by atoms with van der Waals surface area (Å²) in [4.78, 5) is 74.7. The molecule has 3 aromatic rings. The van der Waals surface area contributed by atoms with Crippen molar-refractivity contribution < 1.29 is 33.1 Å². The number of nitrogens with zero attached hydrogens (tertiary/aromatic N) is 8. The standard InChI is InChI=1S/C41H43ClFN9O6/c42-31-21-29(4-1-25(31)22-44)58-28-5-2-26(3-6-28)51-36(53)10-8-34(40(51)56)52-39(55)30-19-27(20-32(43)37(30)41(52)57)49-17-15-48(16-18-49)23-24-11-13-50(14-12-24)35-9-7-33(38(45)54)46-47-35/h1,4,7,9,19-21,24,26,28,34H,2-3,5-6,8,10-18,23H2,(H2,45,54).